The van der Waals surface area contributed by atoms with Gasteiger partial charge in [0.25, 0.3) is 0 Å². The lowest BCUT2D eigenvalue weighted by Gasteiger charge is -2.26. The van der Waals surface area contributed by atoms with Crippen molar-refractivity contribution < 1.29 is 5.11 Å². The Bertz CT molecular complexity index is 337. The van der Waals surface area contributed by atoms with Gasteiger partial charge in [-0.2, -0.15) is 0 Å². The Morgan fingerprint density at radius 3 is 3.18 bits per heavy atom. The molecule has 0 spiro atoms. The lowest BCUT2D eigenvalue weighted by Crippen LogP contribution is -2.29. The van der Waals surface area contributed by atoms with Crippen LogP contribution >= 0.6 is 0 Å². The Labute approximate surface area is 103 Å². The number of aromatic nitrogens is 2. The summed E-state index contributed by atoms with van der Waals surface area (Å²) in [7, 11) is 0. The van der Waals surface area contributed by atoms with E-state index >= 15 is 0 Å². The molecule has 0 radical (unpaired) electrons. The largest absolute Gasteiger partial charge is 0.393 e. The maximum Gasteiger partial charge on any atom is 0.0948 e. The number of aliphatic hydroxyl groups is 1. The lowest BCUT2D eigenvalue weighted by atomic mass is 9.87. The second-order valence-electron chi connectivity index (χ2n) is 4.99. The third-order valence-corrected chi connectivity index (χ3v) is 3.63. The Balaban J connectivity index is 1.72. The van der Waals surface area contributed by atoms with Gasteiger partial charge in [-0.3, -0.25) is 0 Å². The van der Waals surface area contributed by atoms with Gasteiger partial charge in [0, 0.05) is 19.3 Å². The monoisotopic (exact) mass is 237 g/mol. The molecule has 1 heterocycles. The predicted molar refractivity (Wildman–Crippen MR) is 67.6 cm³/mol. The van der Waals surface area contributed by atoms with Crippen LogP contribution in [-0.2, 0) is 13.1 Å². The van der Waals surface area contributed by atoms with Crippen molar-refractivity contribution >= 4 is 0 Å². The molecular weight excluding hydrogens is 214 g/mol. The van der Waals surface area contributed by atoms with Gasteiger partial charge in [0.15, 0.2) is 0 Å². The highest BCUT2D eigenvalue weighted by molar-refractivity contribution is 4.97. The number of rotatable bonds is 5. The summed E-state index contributed by atoms with van der Waals surface area (Å²) < 4.78 is 2.16. The summed E-state index contributed by atoms with van der Waals surface area (Å²) in [6.45, 7) is 4.98. The van der Waals surface area contributed by atoms with Crippen molar-refractivity contribution in [3.05, 3.63) is 18.2 Å². The highest BCUT2D eigenvalue weighted by atomic mass is 16.3. The normalized spacial score (nSPS) is 25.1. The van der Waals surface area contributed by atoms with E-state index in [4.69, 9.17) is 0 Å². The van der Waals surface area contributed by atoms with Crippen LogP contribution < -0.4 is 5.32 Å². The van der Waals surface area contributed by atoms with E-state index in [0.29, 0.717) is 5.92 Å². The van der Waals surface area contributed by atoms with Gasteiger partial charge in [0.05, 0.1) is 18.1 Å². The first kappa shape index (κ1) is 12.6. The summed E-state index contributed by atoms with van der Waals surface area (Å²) in [5, 5.41) is 13.1. The van der Waals surface area contributed by atoms with Gasteiger partial charge in [0.1, 0.15) is 0 Å². The van der Waals surface area contributed by atoms with Gasteiger partial charge >= 0.3 is 0 Å². The molecule has 0 amide bonds. The van der Waals surface area contributed by atoms with E-state index in [2.05, 4.69) is 21.8 Å². The van der Waals surface area contributed by atoms with Crippen LogP contribution in [0.4, 0.5) is 0 Å². The third kappa shape index (κ3) is 3.54. The van der Waals surface area contributed by atoms with Crippen molar-refractivity contribution in [1.29, 1.82) is 0 Å². The molecule has 1 aliphatic rings. The molecule has 2 atom stereocenters. The van der Waals surface area contributed by atoms with Crippen LogP contribution in [0.15, 0.2) is 12.5 Å². The topological polar surface area (TPSA) is 50.1 Å². The van der Waals surface area contributed by atoms with Crippen LogP contribution in [0.2, 0.25) is 0 Å². The van der Waals surface area contributed by atoms with E-state index in [-0.39, 0.29) is 6.10 Å². The van der Waals surface area contributed by atoms with E-state index in [1.165, 1.54) is 18.5 Å². The lowest BCUT2D eigenvalue weighted by molar-refractivity contribution is 0.100. The fourth-order valence-electron chi connectivity index (χ4n) is 2.63. The quantitative estimate of drug-likeness (QED) is 0.817. The van der Waals surface area contributed by atoms with Crippen molar-refractivity contribution in [2.75, 3.05) is 6.54 Å². The molecule has 2 rings (SSSR count). The Morgan fingerprint density at radius 1 is 1.53 bits per heavy atom. The van der Waals surface area contributed by atoms with E-state index in [1.807, 2.05) is 12.5 Å². The van der Waals surface area contributed by atoms with Crippen LogP contribution in [0, 0.1) is 5.92 Å². The standard InChI is InChI=1S/C13H23N3O/c1-2-16-10-15-9-12(16)8-14-7-11-4-3-5-13(17)6-11/h9-11,13-14,17H,2-8H2,1H3. The van der Waals surface area contributed by atoms with Gasteiger partial charge in [-0.15, -0.1) is 0 Å². The second kappa shape index (κ2) is 6.17. The van der Waals surface area contributed by atoms with Crippen LogP contribution in [0.5, 0.6) is 0 Å². The fourth-order valence-corrected chi connectivity index (χ4v) is 2.63. The molecule has 2 unspecified atom stereocenters. The van der Waals surface area contributed by atoms with Gasteiger partial charge in [-0.1, -0.05) is 6.42 Å². The Kier molecular flexibility index (Phi) is 4.57. The molecule has 0 aliphatic heterocycles. The molecule has 4 nitrogen and oxygen atoms in total. The molecule has 0 saturated heterocycles. The molecule has 4 heteroatoms. The summed E-state index contributed by atoms with van der Waals surface area (Å²) in [5.74, 6) is 0.636. The van der Waals surface area contributed by atoms with Crippen LogP contribution in [0.25, 0.3) is 0 Å². The third-order valence-electron chi connectivity index (χ3n) is 3.63. The number of hydrogen-bond acceptors (Lipinski definition) is 3. The van der Waals surface area contributed by atoms with Crippen molar-refractivity contribution in [3.63, 3.8) is 0 Å². The summed E-state index contributed by atoms with van der Waals surface area (Å²) in [6, 6.07) is 0. The number of aliphatic hydroxyl groups excluding tert-OH is 1. The van der Waals surface area contributed by atoms with Gasteiger partial charge < -0.3 is 15.0 Å². The number of hydrogen-bond donors (Lipinski definition) is 2. The first-order valence-electron chi connectivity index (χ1n) is 6.67. The van der Waals surface area contributed by atoms with E-state index in [1.54, 1.807) is 0 Å². The zero-order valence-corrected chi connectivity index (χ0v) is 10.6. The van der Waals surface area contributed by atoms with Gasteiger partial charge in [-0.05, 0) is 38.6 Å². The molecular formula is C13H23N3O. The maximum atomic E-state index is 9.60. The highest BCUT2D eigenvalue weighted by Gasteiger charge is 2.19. The highest BCUT2D eigenvalue weighted by Crippen LogP contribution is 2.23. The minimum Gasteiger partial charge on any atom is -0.393 e. The number of aryl methyl sites for hydroxylation is 1. The maximum absolute atomic E-state index is 9.60. The summed E-state index contributed by atoms with van der Waals surface area (Å²) in [5.41, 5.74) is 1.24. The van der Waals surface area contributed by atoms with Gasteiger partial charge in [-0.25, -0.2) is 4.98 Å². The first-order valence-corrected chi connectivity index (χ1v) is 6.67. The molecule has 1 aromatic heterocycles. The smallest absolute Gasteiger partial charge is 0.0948 e. The minimum atomic E-state index is -0.0725. The van der Waals surface area contributed by atoms with E-state index < -0.39 is 0 Å². The summed E-state index contributed by atoms with van der Waals surface area (Å²) in [6.07, 6.45) is 8.08. The molecule has 1 aromatic rings. The Hall–Kier alpha value is -0.870. The Morgan fingerprint density at radius 2 is 2.41 bits per heavy atom. The second-order valence-corrected chi connectivity index (χ2v) is 4.99. The van der Waals surface area contributed by atoms with Crippen LogP contribution in [-0.4, -0.2) is 27.3 Å². The molecule has 2 N–H and O–H groups in total. The number of nitrogens with one attached hydrogen (secondary N) is 1. The molecule has 1 fully saturated rings. The van der Waals surface area contributed by atoms with Crippen molar-refractivity contribution in [3.8, 4) is 0 Å². The molecule has 96 valence electrons. The number of imidazole rings is 1. The molecule has 1 saturated carbocycles. The van der Waals surface area contributed by atoms with Crippen molar-refractivity contribution in [2.24, 2.45) is 5.92 Å². The van der Waals surface area contributed by atoms with E-state index in [0.717, 1.165) is 32.5 Å². The van der Waals surface area contributed by atoms with Gasteiger partial charge in [0.2, 0.25) is 0 Å². The molecule has 0 aromatic carbocycles. The summed E-state index contributed by atoms with van der Waals surface area (Å²) in [4.78, 5) is 4.15. The average molecular weight is 237 g/mol. The predicted octanol–water partition coefficient (Wildman–Crippen LogP) is 1.54. The summed E-state index contributed by atoms with van der Waals surface area (Å²) >= 11 is 0. The molecule has 0 bridgehead atoms. The molecule has 1 aliphatic carbocycles. The van der Waals surface area contributed by atoms with Crippen molar-refractivity contribution in [1.82, 2.24) is 14.9 Å². The first-order chi connectivity index (χ1) is 8.29. The van der Waals surface area contributed by atoms with Crippen molar-refractivity contribution in [2.45, 2.75) is 51.8 Å². The SMILES string of the molecule is CCn1cncc1CNCC1CCCC(O)C1. The molecule has 17 heavy (non-hydrogen) atoms. The van der Waals surface area contributed by atoms with E-state index in [9.17, 15) is 5.11 Å². The number of nitrogens with zero attached hydrogens (tertiary/aromatic N) is 2. The average Bonchev–Trinajstić information content (AvgIpc) is 2.77. The minimum absolute atomic E-state index is 0.0725. The fraction of sp³-hybridized carbons (Fsp3) is 0.769. The zero-order chi connectivity index (χ0) is 12.1. The van der Waals surface area contributed by atoms with Crippen LogP contribution in [0.1, 0.15) is 38.3 Å². The van der Waals surface area contributed by atoms with Crippen LogP contribution in [0.3, 0.4) is 0 Å². The zero-order valence-electron chi connectivity index (χ0n) is 10.6.